The number of methoxy groups -OCH3 is 1. The molecule has 0 saturated carbocycles. The zero-order valence-electron chi connectivity index (χ0n) is 17.8. The molecule has 1 aromatic heterocycles. The summed E-state index contributed by atoms with van der Waals surface area (Å²) in [5.74, 6) is 0.482. The monoisotopic (exact) mass is 416 g/mol. The van der Waals surface area contributed by atoms with Crippen molar-refractivity contribution in [3.8, 4) is 5.75 Å². The minimum absolute atomic E-state index is 0.0685. The third-order valence-electron chi connectivity index (χ3n) is 6.29. The van der Waals surface area contributed by atoms with E-state index in [1.807, 2.05) is 56.3 Å². The molecule has 1 saturated heterocycles. The van der Waals surface area contributed by atoms with Gasteiger partial charge < -0.3 is 14.6 Å². The van der Waals surface area contributed by atoms with Crippen LogP contribution in [0.5, 0.6) is 5.75 Å². The van der Waals surface area contributed by atoms with Gasteiger partial charge in [0.15, 0.2) is 0 Å². The number of para-hydroxylation sites is 1. The Balaban J connectivity index is 1.48. The van der Waals surface area contributed by atoms with Crippen LogP contribution in [0, 0.1) is 0 Å². The maximum absolute atomic E-state index is 13.4. The highest BCUT2D eigenvalue weighted by Gasteiger charge is 2.51. The van der Waals surface area contributed by atoms with Crippen LogP contribution >= 0.6 is 0 Å². The van der Waals surface area contributed by atoms with Crippen molar-refractivity contribution in [1.29, 1.82) is 0 Å². The molecule has 5 rings (SSSR count). The van der Waals surface area contributed by atoms with Gasteiger partial charge in [-0.3, -0.25) is 9.59 Å². The second kappa shape index (κ2) is 6.97. The van der Waals surface area contributed by atoms with Crippen LogP contribution in [0.15, 0.2) is 53.6 Å². The first-order valence-corrected chi connectivity index (χ1v) is 10.3. The SMILES string of the molecule is COc1ccc(C=NN2CC(=O)N3[C@@H](Cc4c([nH]c5ccccc45)C3(C)C)C2=O)cc1. The predicted octanol–water partition coefficient (Wildman–Crippen LogP) is 3.04. The fraction of sp³-hybridized carbons (Fsp3) is 0.292. The summed E-state index contributed by atoms with van der Waals surface area (Å²) in [6, 6.07) is 14.9. The number of nitrogens with zero attached hydrogens (tertiary/aromatic N) is 3. The average Bonchev–Trinajstić information content (AvgIpc) is 3.15. The van der Waals surface area contributed by atoms with E-state index in [2.05, 4.69) is 16.2 Å². The lowest BCUT2D eigenvalue weighted by Gasteiger charge is -2.50. The number of amides is 2. The number of ether oxygens (including phenoxy) is 1. The van der Waals surface area contributed by atoms with Crippen molar-refractivity contribution in [3.63, 3.8) is 0 Å². The zero-order chi connectivity index (χ0) is 21.8. The lowest BCUT2D eigenvalue weighted by molar-refractivity contribution is -0.163. The molecular weight excluding hydrogens is 392 g/mol. The Morgan fingerprint density at radius 2 is 1.87 bits per heavy atom. The molecule has 2 aromatic carbocycles. The van der Waals surface area contributed by atoms with Crippen molar-refractivity contribution in [3.05, 3.63) is 65.4 Å². The van der Waals surface area contributed by atoms with E-state index in [0.29, 0.717) is 6.42 Å². The summed E-state index contributed by atoms with van der Waals surface area (Å²) < 4.78 is 5.16. The van der Waals surface area contributed by atoms with Crippen molar-refractivity contribution in [2.75, 3.05) is 13.7 Å². The highest BCUT2D eigenvalue weighted by molar-refractivity contribution is 5.98. The zero-order valence-corrected chi connectivity index (χ0v) is 17.8. The van der Waals surface area contributed by atoms with E-state index in [4.69, 9.17) is 4.74 Å². The minimum atomic E-state index is -0.615. The van der Waals surface area contributed by atoms with Gasteiger partial charge in [-0.1, -0.05) is 18.2 Å². The number of hydrogen-bond acceptors (Lipinski definition) is 4. The van der Waals surface area contributed by atoms with E-state index in [9.17, 15) is 9.59 Å². The van der Waals surface area contributed by atoms with E-state index in [0.717, 1.165) is 33.5 Å². The Labute approximate surface area is 180 Å². The molecular formula is C24H24N4O3. The summed E-state index contributed by atoms with van der Waals surface area (Å²) >= 11 is 0. The molecule has 0 radical (unpaired) electrons. The summed E-state index contributed by atoms with van der Waals surface area (Å²) in [6.07, 6.45) is 2.08. The van der Waals surface area contributed by atoms with Crippen molar-refractivity contribution in [2.24, 2.45) is 5.10 Å². The van der Waals surface area contributed by atoms with Crippen molar-refractivity contribution in [2.45, 2.75) is 31.8 Å². The predicted molar refractivity (Wildman–Crippen MR) is 118 cm³/mol. The van der Waals surface area contributed by atoms with Crippen LogP contribution in [0.2, 0.25) is 0 Å². The number of carbonyl (C=O) groups excluding carboxylic acids is 2. The van der Waals surface area contributed by atoms with Gasteiger partial charge >= 0.3 is 0 Å². The van der Waals surface area contributed by atoms with Gasteiger partial charge in [-0.15, -0.1) is 0 Å². The number of carbonyl (C=O) groups is 2. The smallest absolute Gasteiger partial charge is 0.266 e. The molecule has 7 nitrogen and oxygen atoms in total. The number of hydrogen-bond donors (Lipinski definition) is 1. The molecule has 0 spiro atoms. The molecule has 0 bridgehead atoms. The van der Waals surface area contributed by atoms with Crippen LogP contribution in [0.25, 0.3) is 10.9 Å². The lowest BCUT2D eigenvalue weighted by atomic mass is 9.82. The van der Waals surface area contributed by atoms with Crippen molar-refractivity contribution < 1.29 is 14.3 Å². The number of nitrogens with one attached hydrogen (secondary N) is 1. The molecule has 158 valence electrons. The van der Waals surface area contributed by atoms with E-state index < -0.39 is 11.6 Å². The Morgan fingerprint density at radius 3 is 2.61 bits per heavy atom. The Hall–Kier alpha value is -3.61. The number of fused-ring (bicyclic) bond motifs is 4. The first-order chi connectivity index (χ1) is 14.9. The minimum Gasteiger partial charge on any atom is -0.497 e. The first-order valence-electron chi connectivity index (χ1n) is 10.3. The summed E-state index contributed by atoms with van der Waals surface area (Å²) in [6.45, 7) is 3.92. The van der Waals surface area contributed by atoms with Crippen LogP contribution < -0.4 is 4.74 Å². The molecule has 2 amide bonds. The topological polar surface area (TPSA) is 78.0 Å². The van der Waals surface area contributed by atoms with Crippen LogP contribution in [0.3, 0.4) is 0 Å². The van der Waals surface area contributed by atoms with E-state index >= 15 is 0 Å². The van der Waals surface area contributed by atoms with E-state index in [1.165, 1.54) is 5.01 Å². The second-order valence-electron chi connectivity index (χ2n) is 8.48. The second-order valence-corrected chi connectivity index (χ2v) is 8.48. The lowest BCUT2D eigenvalue weighted by Crippen LogP contribution is -2.66. The molecule has 1 fully saturated rings. The fourth-order valence-corrected chi connectivity index (χ4v) is 4.79. The van der Waals surface area contributed by atoms with Gasteiger partial charge in [0, 0.05) is 23.0 Å². The molecule has 0 unspecified atom stereocenters. The fourth-order valence-electron chi connectivity index (χ4n) is 4.79. The highest BCUT2D eigenvalue weighted by Crippen LogP contribution is 2.42. The normalized spacial score (nSPS) is 20.3. The van der Waals surface area contributed by atoms with Crippen LogP contribution in [0.1, 0.15) is 30.7 Å². The van der Waals surface area contributed by atoms with E-state index in [-0.39, 0.29) is 18.4 Å². The average molecular weight is 416 g/mol. The van der Waals surface area contributed by atoms with Gasteiger partial charge in [-0.05, 0) is 55.3 Å². The quantitative estimate of drug-likeness (QED) is 0.667. The van der Waals surface area contributed by atoms with Gasteiger partial charge in [-0.25, -0.2) is 5.01 Å². The van der Waals surface area contributed by atoms with Crippen LogP contribution in [-0.4, -0.2) is 52.6 Å². The van der Waals surface area contributed by atoms with Crippen LogP contribution in [-0.2, 0) is 21.5 Å². The molecule has 2 aliphatic heterocycles. The third-order valence-corrected chi connectivity index (χ3v) is 6.29. The molecule has 1 atom stereocenters. The van der Waals surface area contributed by atoms with Gasteiger partial charge in [0.05, 0.1) is 18.9 Å². The summed E-state index contributed by atoms with van der Waals surface area (Å²) in [7, 11) is 1.61. The molecule has 3 aromatic rings. The number of H-pyrrole nitrogens is 1. The summed E-state index contributed by atoms with van der Waals surface area (Å²) in [5.41, 5.74) is 3.34. The number of piperazine rings is 1. The number of rotatable bonds is 3. The molecule has 1 N–H and O–H groups in total. The molecule has 2 aliphatic rings. The number of aromatic nitrogens is 1. The standard InChI is InChI=1S/C24H24N4O3/c1-24(2)22-18(17-6-4-5-7-19(17)26-22)12-20-23(30)27(14-21(29)28(20)24)25-13-15-8-10-16(31-3)11-9-15/h4-11,13,20,26H,12,14H2,1-3H3/t20-/m0/s1. The summed E-state index contributed by atoms with van der Waals surface area (Å²) in [5, 5.41) is 6.74. The van der Waals surface area contributed by atoms with Crippen molar-refractivity contribution in [1.82, 2.24) is 14.9 Å². The Morgan fingerprint density at radius 1 is 1.13 bits per heavy atom. The van der Waals surface area contributed by atoms with Gasteiger partial charge in [-0.2, -0.15) is 5.10 Å². The van der Waals surface area contributed by atoms with Crippen LogP contribution in [0.4, 0.5) is 0 Å². The third kappa shape index (κ3) is 3.00. The molecule has 0 aliphatic carbocycles. The Bertz CT molecular complexity index is 1210. The molecule has 3 heterocycles. The first kappa shape index (κ1) is 19.4. The van der Waals surface area contributed by atoms with Crippen molar-refractivity contribution >= 4 is 28.9 Å². The molecule has 7 heteroatoms. The van der Waals surface area contributed by atoms with E-state index in [1.54, 1.807) is 18.2 Å². The van der Waals surface area contributed by atoms with Gasteiger partial charge in [0.25, 0.3) is 5.91 Å². The van der Waals surface area contributed by atoms with Gasteiger partial charge in [0.2, 0.25) is 5.91 Å². The van der Waals surface area contributed by atoms with Gasteiger partial charge in [0.1, 0.15) is 18.3 Å². The number of aromatic amines is 1. The maximum Gasteiger partial charge on any atom is 0.266 e. The Kier molecular flexibility index (Phi) is 4.36. The summed E-state index contributed by atoms with van der Waals surface area (Å²) in [4.78, 5) is 31.7. The maximum atomic E-state index is 13.4. The largest absolute Gasteiger partial charge is 0.497 e. The number of benzene rings is 2. The number of hydrazone groups is 1. The highest BCUT2D eigenvalue weighted by atomic mass is 16.5. The molecule has 31 heavy (non-hydrogen) atoms.